The molecule has 0 atom stereocenters. The van der Waals surface area contributed by atoms with Gasteiger partial charge in [-0.25, -0.2) is 15.0 Å². The van der Waals surface area contributed by atoms with Crippen molar-refractivity contribution < 1.29 is 1.37 Å². The molecule has 324 valence electrons. The molecule has 1 fully saturated rings. The van der Waals surface area contributed by atoms with E-state index in [1.165, 1.54) is 45.9 Å². The van der Waals surface area contributed by atoms with Crippen molar-refractivity contribution in [3.63, 3.8) is 0 Å². The average Bonchev–Trinajstić information content (AvgIpc) is 3.88. The lowest BCUT2D eigenvalue weighted by Gasteiger charge is -2.44. The fourth-order valence-electron chi connectivity index (χ4n) is 11.3. The topological polar surface area (TPSA) is 38.7 Å². The Balaban J connectivity index is 1.13. The summed E-state index contributed by atoms with van der Waals surface area (Å²) in [5, 5.41) is 5.76. The molecule has 0 unspecified atom stereocenters. The number of hydrogen-bond acceptors (Lipinski definition) is 5. The highest BCUT2D eigenvalue weighted by Crippen LogP contribution is 2.52. The predicted octanol–water partition coefficient (Wildman–Crippen LogP) is 13.8. The summed E-state index contributed by atoms with van der Waals surface area (Å²) >= 11 is 3.83. The molecule has 9 aromatic carbocycles. The smallest absolute Gasteiger partial charge is 0.184 e. The fourth-order valence-corrected chi connectivity index (χ4v) is 20.7. The molecule has 0 N–H and O–H groups in total. The van der Waals surface area contributed by atoms with E-state index >= 15 is 0 Å². The predicted molar refractivity (Wildman–Crippen MR) is 286 cm³/mol. The summed E-state index contributed by atoms with van der Waals surface area (Å²) in [6.45, 7) is 0. The van der Waals surface area contributed by atoms with Gasteiger partial charge in [0.25, 0.3) is 0 Å². The van der Waals surface area contributed by atoms with Crippen LogP contribution in [-0.4, -0.2) is 23.0 Å². The van der Waals surface area contributed by atoms with Crippen molar-refractivity contribution in [1.82, 2.24) is 15.0 Å². The molecule has 0 bridgehead atoms. The lowest BCUT2D eigenvalue weighted by molar-refractivity contribution is 0.723. The lowest BCUT2D eigenvalue weighted by atomic mass is 9.80. The maximum absolute atomic E-state index is 10.3. The highest BCUT2D eigenvalue weighted by Gasteiger charge is 2.52. The monoisotopic (exact) mass is 924 g/mol. The molecule has 1 aliphatic carbocycles. The Bertz CT molecular complexity index is 3520. The fraction of sp³-hybridized carbons (Fsp3) is 0.0806. The second-order valence-electron chi connectivity index (χ2n) is 17.9. The first-order valence-electron chi connectivity index (χ1n) is 24.0. The van der Waals surface area contributed by atoms with Gasteiger partial charge in [-0.1, -0.05) is 212 Å². The van der Waals surface area contributed by atoms with Crippen molar-refractivity contribution in [3.05, 3.63) is 224 Å². The molecule has 0 radical (unpaired) electrons. The molecule has 0 amide bonds. The summed E-state index contributed by atoms with van der Waals surface area (Å²) in [5.41, 5.74) is 13.2. The van der Waals surface area contributed by atoms with Crippen molar-refractivity contribution in [2.24, 2.45) is 0 Å². The van der Waals surface area contributed by atoms with Crippen LogP contribution in [0.1, 0.15) is 38.5 Å². The van der Waals surface area contributed by atoms with Crippen molar-refractivity contribution in [2.75, 3.05) is 0 Å². The molecule has 3 heterocycles. The summed E-state index contributed by atoms with van der Waals surface area (Å²) in [4.78, 5) is 19.2. The first-order valence-corrected chi connectivity index (χ1v) is 27.2. The molecule has 1 spiro atoms. The van der Waals surface area contributed by atoms with E-state index in [1.54, 1.807) is 12.7 Å². The molecule has 0 saturated heterocycles. The maximum Gasteiger partial charge on any atom is 0.184 e. The molecular formula is C62H45N3S2Si. The highest BCUT2D eigenvalue weighted by atomic mass is 32.2. The van der Waals surface area contributed by atoms with Crippen molar-refractivity contribution in [3.8, 4) is 67.0 Å². The van der Waals surface area contributed by atoms with Crippen LogP contribution in [0.2, 0.25) is 0 Å². The van der Waals surface area contributed by atoms with Crippen LogP contribution in [0.25, 0.3) is 67.0 Å². The van der Waals surface area contributed by atoms with E-state index in [1.807, 2.05) is 23.5 Å². The van der Waals surface area contributed by atoms with Crippen LogP contribution in [-0.2, 0) is 0 Å². The largest absolute Gasteiger partial charge is 0.225 e. The number of aromatic nitrogens is 3. The zero-order chi connectivity index (χ0) is 45.9. The van der Waals surface area contributed by atoms with E-state index in [0.29, 0.717) is 5.82 Å². The minimum Gasteiger partial charge on any atom is -0.225 e. The summed E-state index contributed by atoms with van der Waals surface area (Å²) < 4.78 is 10.3. The van der Waals surface area contributed by atoms with Gasteiger partial charge in [0.05, 0.1) is 0 Å². The molecule has 13 rings (SSSR count). The van der Waals surface area contributed by atoms with Crippen LogP contribution in [0, 0.1) is 0 Å². The summed E-state index contributed by atoms with van der Waals surface area (Å²) in [6.07, 6.45) is 7.01. The van der Waals surface area contributed by atoms with E-state index in [2.05, 4.69) is 211 Å². The molecule has 6 heteroatoms. The summed E-state index contributed by atoms with van der Waals surface area (Å²) in [7, 11) is -2.88. The normalized spacial score (nSPS) is 15.1. The maximum atomic E-state index is 10.3. The van der Waals surface area contributed by atoms with Gasteiger partial charge in [0.1, 0.15) is 12.7 Å². The Morgan fingerprint density at radius 1 is 0.412 bits per heavy atom. The zero-order valence-corrected chi connectivity index (χ0v) is 39.9. The van der Waals surface area contributed by atoms with Gasteiger partial charge >= 0.3 is 0 Å². The molecule has 1 aromatic heterocycles. The first kappa shape index (κ1) is 40.0. The van der Waals surface area contributed by atoms with Gasteiger partial charge in [-0.05, 0) is 125 Å². The van der Waals surface area contributed by atoms with E-state index in [4.69, 9.17) is 9.97 Å². The van der Waals surface area contributed by atoms with Crippen LogP contribution in [0.4, 0.5) is 0 Å². The second kappa shape index (κ2) is 17.2. The van der Waals surface area contributed by atoms with Crippen LogP contribution in [0.5, 0.6) is 0 Å². The van der Waals surface area contributed by atoms with Gasteiger partial charge in [0.15, 0.2) is 13.9 Å². The Hall–Kier alpha value is -7.09. The second-order valence-corrected chi connectivity index (χ2v) is 23.6. The standard InChI is InChI=1S/C62H45N3S2Si/c1-4-19-42(20-5-1)48-38-49(57(43-23-6-2-7-24-43)59(44-25-8-3-9-26-44)60(48)62-64-39-63-40-65-62)45-27-18-28-46(37-45)58-47(41-21-10-11-22-41)35-36-56-61(58)67-52-31-14-17-34-55(52)68(56)53-32-15-12-29-50(53)66-51-30-13-16-33-54(51)68/h1-9,12-20,23-41H,10-11,21-22H2/i41D. The minimum absolute atomic E-state index is 0.623. The number of fused-ring (bicyclic) bond motifs is 8. The van der Waals surface area contributed by atoms with E-state index in [9.17, 15) is 1.37 Å². The number of hydrogen-bond donors (Lipinski definition) is 0. The Morgan fingerprint density at radius 3 is 1.53 bits per heavy atom. The quantitative estimate of drug-likeness (QED) is 0.149. The molecule has 2 aliphatic heterocycles. The molecule has 10 aromatic rings. The molecule has 3 aliphatic rings. The number of benzene rings is 9. The third-order valence-electron chi connectivity index (χ3n) is 14.2. The average molecular weight is 925 g/mol. The van der Waals surface area contributed by atoms with E-state index in [-0.39, 0.29) is 0 Å². The van der Waals surface area contributed by atoms with Gasteiger partial charge in [-0.15, -0.1) is 0 Å². The highest BCUT2D eigenvalue weighted by molar-refractivity contribution is 8.01. The number of nitrogens with zero attached hydrogens (tertiary/aromatic N) is 3. The third-order valence-corrected chi connectivity index (χ3v) is 22.2. The van der Waals surface area contributed by atoms with Gasteiger partial charge < -0.3 is 0 Å². The van der Waals surface area contributed by atoms with E-state index in [0.717, 1.165) is 86.9 Å². The Labute approximate surface area is 408 Å². The van der Waals surface area contributed by atoms with Crippen LogP contribution in [0.3, 0.4) is 0 Å². The Morgan fingerprint density at radius 2 is 0.912 bits per heavy atom. The minimum atomic E-state index is -2.88. The van der Waals surface area contributed by atoms with Crippen molar-refractivity contribution in [2.45, 2.75) is 51.2 Å². The molecular weight excluding hydrogens is 879 g/mol. The van der Waals surface area contributed by atoms with Gasteiger partial charge in [-0.2, -0.15) is 0 Å². The zero-order valence-electron chi connectivity index (χ0n) is 38.3. The van der Waals surface area contributed by atoms with Gasteiger partial charge in [0.2, 0.25) is 0 Å². The van der Waals surface area contributed by atoms with E-state index < -0.39 is 14.0 Å². The van der Waals surface area contributed by atoms with Gasteiger partial charge in [0, 0.05) is 32.1 Å². The van der Waals surface area contributed by atoms with Crippen molar-refractivity contribution in [1.29, 1.82) is 0 Å². The number of rotatable bonds is 7. The van der Waals surface area contributed by atoms with Crippen LogP contribution >= 0.6 is 23.5 Å². The first-order chi connectivity index (χ1) is 34.1. The molecule has 3 nitrogen and oxygen atoms in total. The van der Waals surface area contributed by atoms with Gasteiger partial charge in [-0.3, -0.25) is 0 Å². The SMILES string of the molecule is [2H]C1(c2ccc3c(c2-c2cccc(-c4cc(-c5ccccc5)c(-c5ncncn5)c(-c5ccccc5)c4-c4ccccc4)c2)Sc2ccccc2[Si]32c3ccccc3Sc3ccccc32)CCCC1. The van der Waals surface area contributed by atoms with Crippen LogP contribution in [0.15, 0.2) is 238 Å². The summed E-state index contributed by atoms with van der Waals surface area (Å²) in [6, 6.07) is 76.2. The Kier molecular flexibility index (Phi) is 10.1. The summed E-state index contributed by atoms with van der Waals surface area (Å²) in [5.74, 6) is -0.0783. The third kappa shape index (κ3) is 6.68. The van der Waals surface area contributed by atoms with Crippen LogP contribution < -0.4 is 20.7 Å². The molecule has 68 heavy (non-hydrogen) atoms. The molecule has 1 saturated carbocycles. The lowest BCUT2D eigenvalue weighted by Crippen LogP contribution is -2.78. The van der Waals surface area contributed by atoms with Crippen molar-refractivity contribution >= 4 is 52.3 Å².